The monoisotopic (exact) mass is 324 g/mol. The molecule has 2 aromatic carbocycles. The molecular formula is C22H16N2O. The van der Waals surface area contributed by atoms with Gasteiger partial charge >= 0.3 is 0 Å². The normalized spacial score (nSPS) is 10.6. The molecule has 0 bridgehead atoms. The minimum Gasteiger partial charge on any atom is -0.269 e. The SMILES string of the molecule is O=c1cc(-c2ccccc2)cc(-c2ccccc2)n1-c1ccccn1. The van der Waals surface area contributed by atoms with Crippen molar-refractivity contribution in [3.8, 4) is 28.2 Å². The average Bonchev–Trinajstić information content (AvgIpc) is 2.69. The van der Waals surface area contributed by atoms with Gasteiger partial charge in [-0.25, -0.2) is 4.98 Å². The summed E-state index contributed by atoms with van der Waals surface area (Å²) >= 11 is 0. The van der Waals surface area contributed by atoms with E-state index in [4.69, 9.17) is 0 Å². The van der Waals surface area contributed by atoms with Gasteiger partial charge in [0.25, 0.3) is 5.56 Å². The van der Waals surface area contributed by atoms with Gasteiger partial charge in [-0.3, -0.25) is 9.36 Å². The summed E-state index contributed by atoms with van der Waals surface area (Å²) in [4.78, 5) is 17.3. The number of hydrogen-bond donors (Lipinski definition) is 0. The lowest BCUT2D eigenvalue weighted by atomic mass is 10.0. The van der Waals surface area contributed by atoms with Gasteiger partial charge in [-0.05, 0) is 34.9 Å². The van der Waals surface area contributed by atoms with Gasteiger partial charge in [-0.1, -0.05) is 66.7 Å². The molecule has 0 atom stereocenters. The van der Waals surface area contributed by atoms with E-state index >= 15 is 0 Å². The molecule has 0 saturated carbocycles. The summed E-state index contributed by atoms with van der Waals surface area (Å²) in [6.45, 7) is 0. The third-order valence-electron chi connectivity index (χ3n) is 4.09. The minimum absolute atomic E-state index is 0.0982. The second-order valence-corrected chi connectivity index (χ2v) is 5.72. The Kier molecular flexibility index (Phi) is 3.97. The fraction of sp³-hybridized carbons (Fsp3) is 0. The van der Waals surface area contributed by atoms with Crippen LogP contribution in [0.15, 0.2) is 102 Å². The standard InChI is InChI=1S/C22H16N2O/c25-22-16-19(17-9-3-1-4-10-17)15-20(18-11-5-2-6-12-18)24(22)21-13-7-8-14-23-21/h1-16H. The Hall–Kier alpha value is -3.46. The van der Waals surface area contributed by atoms with Crippen LogP contribution in [-0.2, 0) is 0 Å². The fourth-order valence-corrected chi connectivity index (χ4v) is 2.91. The van der Waals surface area contributed by atoms with Crippen LogP contribution in [0.1, 0.15) is 0 Å². The van der Waals surface area contributed by atoms with E-state index in [9.17, 15) is 4.79 Å². The van der Waals surface area contributed by atoms with Crippen LogP contribution in [-0.4, -0.2) is 9.55 Å². The molecule has 0 radical (unpaired) electrons. The van der Waals surface area contributed by atoms with E-state index in [2.05, 4.69) is 4.98 Å². The number of pyridine rings is 2. The molecule has 3 heteroatoms. The molecule has 4 rings (SSSR count). The number of rotatable bonds is 3. The molecular weight excluding hydrogens is 308 g/mol. The molecule has 4 aromatic rings. The van der Waals surface area contributed by atoms with E-state index in [0.29, 0.717) is 5.82 Å². The van der Waals surface area contributed by atoms with Crippen LogP contribution in [0.4, 0.5) is 0 Å². The molecule has 2 heterocycles. The first-order chi connectivity index (χ1) is 12.3. The second-order valence-electron chi connectivity index (χ2n) is 5.72. The summed E-state index contributed by atoms with van der Waals surface area (Å²) < 4.78 is 1.65. The van der Waals surface area contributed by atoms with Gasteiger partial charge in [0.2, 0.25) is 0 Å². The molecule has 3 nitrogen and oxygen atoms in total. The van der Waals surface area contributed by atoms with Crippen molar-refractivity contribution >= 4 is 0 Å². The summed E-state index contributed by atoms with van der Waals surface area (Å²) in [6, 6.07) is 29.1. The molecule has 25 heavy (non-hydrogen) atoms. The van der Waals surface area contributed by atoms with E-state index in [1.807, 2.05) is 84.9 Å². The van der Waals surface area contributed by atoms with Gasteiger partial charge in [0, 0.05) is 12.3 Å². The van der Waals surface area contributed by atoms with E-state index in [0.717, 1.165) is 22.4 Å². The quantitative estimate of drug-likeness (QED) is 0.553. The number of aromatic nitrogens is 2. The van der Waals surface area contributed by atoms with E-state index in [-0.39, 0.29) is 5.56 Å². The smallest absolute Gasteiger partial charge is 0.257 e. The third kappa shape index (κ3) is 3.00. The molecule has 0 saturated heterocycles. The molecule has 0 aliphatic rings. The maximum atomic E-state index is 12.9. The molecule has 0 aliphatic carbocycles. The van der Waals surface area contributed by atoms with Crippen LogP contribution in [0.25, 0.3) is 28.2 Å². The van der Waals surface area contributed by atoms with Crippen molar-refractivity contribution in [2.24, 2.45) is 0 Å². The van der Waals surface area contributed by atoms with E-state index in [1.165, 1.54) is 0 Å². The highest BCUT2D eigenvalue weighted by molar-refractivity contribution is 5.71. The highest BCUT2D eigenvalue weighted by atomic mass is 16.1. The Labute approximate surface area is 145 Å². The van der Waals surface area contributed by atoms with E-state index < -0.39 is 0 Å². The third-order valence-corrected chi connectivity index (χ3v) is 4.09. The lowest BCUT2D eigenvalue weighted by molar-refractivity contribution is 0.951. The van der Waals surface area contributed by atoms with Gasteiger partial charge in [0.05, 0.1) is 5.69 Å². The molecule has 0 amide bonds. The largest absolute Gasteiger partial charge is 0.269 e. The van der Waals surface area contributed by atoms with Crippen molar-refractivity contribution in [3.05, 3.63) is 108 Å². The number of nitrogens with zero attached hydrogens (tertiary/aromatic N) is 2. The number of hydrogen-bond acceptors (Lipinski definition) is 2. The van der Waals surface area contributed by atoms with Crippen LogP contribution in [0.5, 0.6) is 0 Å². The molecule has 120 valence electrons. The summed E-state index contributed by atoms with van der Waals surface area (Å²) in [7, 11) is 0. The Bertz CT molecular complexity index is 1040. The molecule has 0 aliphatic heterocycles. The first-order valence-electron chi connectivity index (χ1n) is 8.12. The summed E-state index contributed by atoms with van der Waals surface area (Å²) in [5.41, 5.74) is 3.62. The first kappa shape index (κ1) is 15.1. The summed E-state index contributed by atoms with van der Waals surface area (Å²) in [5, 5.41) is 0. The van der Waals surface area contributed by atoms with Gasteiger partial charge in [-0.2, -0.15) is 0 Å². The van der Waals surface area contributed by atoms with Crippen molar-refractivity contribution < 1.29 is 0 Å². The summed E-state index contributed by atoms with van der Waals surface area (Å²) in [5.74, 6) is 0.617. The predicted molar refractivity (Wildman–Crippen MR) is 101 cm³/mol. The predicted octanol–water partition coefficient (Wildman–Crippen LogP) is 4.57. The Morgan fingerprint density at radius 2 is 1.28 bits per heavy atom. The van der Waals surface area contributed by atoms with Crippen molar-refractivity contribution in [2.45, 2.75) is 0 Å². The topological polar surface area (TPSA) is 34.9 Å². The Balaban J connectivity index is 2.01. The zero-order valence-corrected chi connectivity index (χ0v) is 13.5. The first-order valence-corrected chi connectivity index (χ1v) is 8.12. The lowest BCUT2D eigenvalue weighted by Crippen LogP contribution is -2.20. The highest BCUT2D eigenvalue weighted by Crippen LogP contribution is 2.26. The lowest BCUT2D eigenvalue weighted by Gasteiger charge is -2.14. The molecule has 0 N–H and O–H groups in total. The highest BCUT2D eigenvalue weighted by Gasteiger charge is 2.12. The van der Waals surface area contributed by atoms with Gasteiger partial charge < -0.3 is 0 Å². The minimum atomic E-state index is -0.0982. The van der Waals surface area contributed by atoms with Crippen LogP contribution >= 0.6 is 0 Å². The molecule has 2 aromatic heterocycles. The summed E-state index contributed by atoms with van der Waals surface area (Å²) in [6.07, 6.45) is 1.70. The zero-order chi connectivity index (χ0) is 17.1. The van der Waals surface area contributed by atoms with Gasteiger partial charge in [0.1, 0.15) is 5.82 Å². The van der Waals surface area contributed by atoms with Crippen LogP contribution in [0, 0.1) is 0 Å². The zero-order valence-electron chi connectivity index (χ0n) is 13.5. The molecule has 0 unspecified atom stereocenters. The van der Waals surface area contributed by atoms with Crippen LogP contribution in [0.3, 0.4) is 0 Å². The van der Waals surface area contributed by atoms with Gasteiger partial charge in [0.15, 0.2) is 0 Å². The van der Waals surface area contributed by atoms with Crippen LogP contribution in [0.2, 0.25) is 0 Å². The Morgan fingerprint density at radius 1 is 0.640 bits per heavy atom. The maximum Gasteiger partial charge on any atom is 0.257 e. The van der Waals surface area contributed by atoms with Crippen molar-refractivity contribution in [1.82, 2.24) is 9.55 Å². The van der Waals surface area contributed by atoms with Gasteiger partial charge in [-0.15, -0.1) is 0 Å². The average molecular weight is 324 g/mol. The van der Waals surface area contributed by atoms with Crippen LogP contribution < -0.4 is 5.56 Å². The van der Waals surface area contributed by atoms with Crippen molar-refractivity contribution in [1.29, 1.82) is 0 Å². The molecule has 0 spiro atoms. The number of benzene rings is 2. The Morgan fingerprint density at radius 3 is 1.92 bits per heavy atom. The van der Waals surface area contributed by atoms with Crippen molar-refractivity contribution in [3.63, 3.8) is 0 Å². The molecule has 0 fully saturated rings. The van der Waals surface area contributed by atoms with E-state index in [1.54, 1.807) is 16.8 Å². The second kappa shape index (κ2) is 6.57. The maximum absolute atomic E-state index is 12.9. The fourth-order valence-electron chi connectivity index (χ4n) is 2.91. The van der Waals surface area contributed by atoms with Crippen molar-refractivity contribution in [2.75, 3.05) is 0 Å².